The van der Waals surface area contributed by atoms with Crippen LogP contribution in [0.4, 0.5) is 4.39 Å². The van der Waals surface area contributed by atoms with Crippen molar-refractivity contribution in [1.82, 2.24) is 5.32 Å². The molecule has 104 valence electrons. The highest BCUT2D eigenvalue weighted by Crippen LogP contribution is 2.30. The van der Waals surface area contributed by atoms with E-state index in [2.05, 4.69) is 21.2 Å². The summed E-state index contributed by atoms with van der Waals surface area (Å²) in [4.78, 5) is 12.3. The van der Waals surface area contributed by atoms with Gasteiger partial charge in [0.1, 0.15) is 5.82 Å². The van der Waals surface area contributed by atoms with Gasteiger partial charge in [-0.15, -0.1) is 0 Å². The van der Waals surface area contributed by atoms with Crippen molar-refractivity contribution >= 4 is 33.4 Å². The molecular formula is C14H16BrClFNO. The predicted octanol–water partition coefficient (Wildman–Crippen LogP) is 4.31. The van der Waals surface area contributed by atoms with E-state index in [1.54, 1.807) is 6.07 Å². The van der Waals surface area contributed by atoms with Crippen LogP contribution in [-0.2, 0) is 0 Å². The molecule has 0 aliphatic heterocycles. The molecule has 0 atom stereocenters. The quantitative estimate of drug-likeness (QED) is 0.810. The van der Waals surface area contributed by atoms with Gasteiger partial charge < -0.3 is 5.32 Å². The van der Waals surface area contributed by atoms with E-state index in [9.17, 15) is 9.18 Å². The Bertz CT molecular complexity index is 475. The Kier molecular flexibility index (Phi) is 4.85. The molecule has 1 aromatic carbocycles. The average molecular weight is 349 g/mol. The minimum Gasteiger partial charge on any atom is -0.346 e. The number of rotatable bonds is 3. The van der Waals surface area contributed by atoms with Gasteiger partial charge in [-0.05, 0) is 25.0 Å². The van der Waals surface area contributed by atoms with E-state index in [0.29, 0.717) is 5.33 Å². The topological polar surface area (TPSA) is 29.1 Å². The molecule has 0 spiro atoms. The Morgan fingerprint density at radius 3 is 2.68 bits per heavy atom. The van der Waals surface area contributed by atoms with Gasteiger partial charge in [-0.1, -0.05) is 52.9 Å². The van der Waals surface area contributed by atoms with Gasteiger partial charge in [0.15, 0.2) is 0 Å². The Morgan fingerprint density at radius 1 is 1.37 bits per heavy atom. The van der Waals surface area contributed by atoms with E-state index in [1.807, 2.05) is 0 Å². The number of hydrogen-bond acceptors (Lipinski definition) is 1. The molecule has 2 nitrogen and oxygen atoms in total. The largest absolute Gasteiger partial charge is 0.346 e. The fraction of sp³-hybridized carbons (Fsp3) is 0.500. The molecule has 1 amide bonds. The number of amides is 1. The molecule has 0 unspecified atom stereocenters. The molecular weight excluding hydrogens is 333 g/mol. The van der Waals surface area contributed by atoms with Crippen molar-refractivity contribution in [2.45, 2.75) is 37.6 Å². The molecule has 0 heterocycles. The van der Waals surface area contributed by atoms with Crippen LogP contribution in [0.2, 0.25) is 5.02 Å². The van der Waals surface area contributed by atoms with E-state index in [0.717, 1.165) is 25.7 Å². The second kappa shape index (κ2) is 6.23. The van der Waals surface area contributed by atoms with Crippen LogP contribution >= 0.6 is 27.5 Å². The van der Waals surface area contributed by atoms with Crippen LogP contribution in [0.5, 0.6) is 0 Å². The van der Waals surface area contributed by atoms with Gasteiger partial charge in [0.25, 0.3) is 5.91 Å². The first kappa shape index (κ1) is 14.8. The van der Waals surface area contributed by atoms with Crippen molar-refractivity contribution in [1.29, 1.82) is 0 Å². The van der Waals surface area contributed by atoms with Crippen LogP contribution in [0.25, 0.3) is 0 Å². The van der Waals surface area contributed by atoms with Crippen LogP contribution in [0.15, 0.2) is 18.2 Å². The zero-order valence-corrected chi connectivity index (χ0v) is 12.9. The zero-order chi connectivity index (χ0) is 13.9. The summed E-state index contributed by atoms with van der Waals surface area (Å²) in [7, 11) is 0. The lowest BCUT2D eigenvalue weighted by Gasteiger charge is -2.36. The monoisotopic (exact) mass is 347 g/mol. The standard InChI is InChI=1S/C14H16BrClFNO/c15-9-14(7-2-1-3-8-14)18-13(19)10-5-4-6-11(17)12(10)16/h4-6H,1-3,7-9H2,(H,18,19). The average Bonchev–Trinajstić information content (AvgIpc) is 2.42. The highest BCUT2D eigenvalue weighted by Gasteiger charge is 2.33. The number of alkyl halides is 1. The molecule has 1 aliphatic rings. The summed E-state index contributed by atoms with van der Waals surface area (Å²) >= 11 is 9.33. The van der Waals surface area contributed by atoms with Crippen molar-refractivity contribution in [3.05, 3.63) is 34.6 Å². The fourth-order valence-electron chi connectivity index (χ4n) is 2.51. The predicted molar refractivity (Wildman–Crippen MR) is 78.5 cm³/mol. The van der Waals surface area contributed by atoms with Gasteiger partial charge in [-0.3, -0.25) is 4.79 Å². The molecule has 1 fully saturated rings. The molecule has 0 bridgehead atoms. The summed E-state index contributed by atoms with van der Waals surface area (Å²) in [5.74, 6) is -0.864. The number of nitrogens with one attached hydrogen (secondary N) is 1. The fourth-order valence-corrected chi connectivity index (χ4v) is 3.42. The summed E-state index contributed by atoms with van der Waals surface area (Å²) in [6.45, 7) is 0. The first-order valence-corrected chi connectivity index (χ1v) is 7.90. The van der Waals surface area contributed by atoms with E-state index in [-0.39, 0.29) is 22.0 Å². The SMILES string of the molecule is O=C(NC1(CBr)CCCCC1)c1cccc(F)c1Cl. The first-order chi connectivity index (χ1) is 9.08. The molecule has 0 saturated heterocycles. The van der Waals surface area contributed by atoms with Crippen molar-refractivity contribution in [2.75, 3.05) is 5.33 Å². The van der Waals surface area contributed by atoms with Gasteiger partial charge in [-0.25, -0.2) is 4.39 Å². The Balaban J connectivity index is 2.17. The molecule has 0 aromatic heterocycles. The van der Waals surface area contributed by atoms with E-state index >= 15 is 0 Å². The number of carbonyl (C=O) groups excluding carboxylic acids is 1. The maximum atomic E-state index is 13.4. The van der Waals surface area contributed by atoms with Gasteiger partial charge in [0, 0.05) is 5.33 Å². The molecule has 1 N–H and O–H groups in total. The van der Waals surface area contributed by atoms with E-state index in [4.69, 9.17) is 11.6 Å². The summed E-state index contributed by atoms with van der Waals surface area (Å²) in [5.41, 5.74) is -0.0297. The second-order valence-electron chi connectivity index (χ2n) is 5.03. The molecule has 1 aromatic rings. The molecule has 1 saturated carbocycles. The first-order valence-electron chi connectivity index (χ1n) is 6.40. The summed E-state index contributed by atoms with van der Waals surface area (Å²) in [6, 6.07) is 4.29. The maximum absolute atomic E-state index is 13.4. The Hall–Kier alpha value is -0.610. The third kappa shape index (κ3) is 3.29. The van der Waals surface area contributed by atoms with Crippen LogP contribution in [0.3, 0.4) is 0 Å². The maximum Gasteiger partial charge on any atom is 0.253 e. The van der Waals surface area contributed by atoms with E-state index < -0.39 is 5.82 Å². The molecule has 0 radical (unpaired) electrons. The lowest BCUT2D eigenvalue weighted by Crippen LogP contribution is -2.51. The Morgan fingerprint density at radius 2 is 2.05 bits per heavy atom. The number of benzene rings is 1. The third-order valence-electron chi connectivity index (χ3n) is 3.64. The highest BCUT2D eigenvalue weighted by molar-refractivity contribution is 9.09. The molecule has 2 rings (SSSR count). The molecule has 5 heteroatoms. The summed E-state index contributed by atoms with van der Waals surface area (Å²) in [6.07, 6.45) is 5.28. The van der Waals surface area contributed by atoms with Crippen molar-refractivity contribution < 1.29 is 9.18 Å². The number of halogens is 3. The lowest BCUT2D eigenvalue weighted by atomic mass is 9.83. The van der Waals surface area contributed by atoms with Gasteiger partial charge in [0.05, 0.1) is 16.1 Å². The summed E-state index contributed by atoms with van der Waals surface area (Å²) in [5, 5.41) is 3.63. The Labute approximate surface area is 125 Å². The van der Waals surface area contributed by atoms with E-state index in [1.165, 1.54) is 18.6 Å². The molecule has 19 heavy (non-hydrogen) atoms. The van der Waals surface area contributed by atoms with Gasteiger partial charge in [-0.2, -0.15) is 0 Å². The minimum atomic E-state index is -0.564. The number of carbonyl (C=O) groups is 1. The summed E-state index contributed by atoms with van der Waals surface area (Å²) < 4.78 is 13.4. The lowest BCUT2D eigenvalue weighted by molar-refractivity contribution is 0.0886. The normalized spacial score (nSPS) is 18.1. The van der Waals surface area contributed by atoms with Crippen LogP contribution in [-0.4, -0.2) is 16.8 Å². The number of hydrogen-bond donors (Lipinski definition) is 1. The smallest absolute Gasteiger partial charge is 0.253 e. The van der Waals surface area contributed by atoms with Gasteiger partial charge >= 0.3 is 0 Å². The second-order valence-corrected chi connectivity index (χ2v) is 5.97. The van der Waals surface area contributed by atoms with Gasteiger partial charge in [0.2, 0.25) is 0 Å². The highest BCUT2D eigenvalue weighted by atomic mass is 79.9. The van der Waals surface area contributed by atoms with Crippen LogP contribution in [0.1, 0.15) is 42.5 Å². The zero-order valence-electron chi connectivity index (χ0n) is 10.5. The molecule has 1 aliphatic carbocycles. The third-order valence-corrected chi connectivity index (χ3v) is 5.10. The van der Waals surface area contributed by atoms with Crippen LogP contribution in [0, 0.1) is 5.82 Å². The van der Waals surface area contributed by atoms with Crippen molar-refractivity contribution in [2.24, 2.45) is 0 Å². The van der Waals surface area contributed by atoms with Crippen molar-refractivity contribution in [3.63, 3.8) is 0 Å². The minimum absolute atomic E-state index is 0.111. The van der Waals surface area contributed by atoms with Crippen molar-refractivity contribution in [3.8, 4) is 0 Å². The van der Waals surface area contributed by atoms with Crippen LogP contribution < -0.4 is 5.32 Å².